The molecule has 2 aliphatic rings. The molecule has 26 heavy (non-hydrogen) atoms. The van der Waals surface area contributed by atoms with Gasteiger partial charge in [-0.15, -0.1) is 0 Å². The van der Waals surface area contributed by atoms with Crippen molar-refractivity contribution in [1.82, 2.24) is 0 Å². The summed E-state index contributed by atoms with van der Waals surface area (Å²) in [5.41, 5.74) is -0.249. The molecule has 0 amide bonds. The average Bonchev–Trinajstić information content (AvgIpc) is 2.56. The molecule has 10 heteroatoms. The van der Waals surface area contributed by atoms with Crippen molar-refractivity contribution >= 4 is 0 Å². The maximum absolute atomic E-state index is 10.1. The van der Waals surface area contributed by atoms with Crippen LogP contribution in [0.15, 0.2) is 0 Å². The Bertz CT molecular complexity index is 453. The Labute approximate surface area is 151 Å². The Morgan fingerprint density at radius 1 is 0.692 bits per heavy atom. The lowest BCUT2D eigenvalue weighted by atomic mass is 9.84. The number of aliphatic hydroxyl groups excluding tert-OH is 7. The molecule has 0 aliphatic carbocycles. The van der Waals surface area contributed by atoms with Crippen molar-refractivity contribution in [3.05, 3.63) is 0 Å². The van der Waals surface area contributed by atoms with Gasteiger partial charge in [0.25, 0.3) is 0 Å². The maximum atomic E-state index is 10.1. The summed E-state index contributed by atoms with van der Waals surface area (Å²) in [6.07, 6.45) is -14.0. The number of ether oxygens (including phenoxy) is 3. The fourth-order valence-electron chi connectivity index (χ4n) is 3.11. The zero-order valence-electron chi connectivity index (χ0n) is 15.0. The van der Waals surface area contributed by atoms with Crippen molar-refractivity contribution in [2.75, 3.05) is 6.61 Å². The topological polar surface area (TPSA) is 169 Å². The van der Waals surface area contributed by atoms with Crippen molar-refractivity contribution in [2.24, 2.45) is 5.41 Å². The fourth-order valence-corrected chi connectivity index (χ4v) is 3.11. The molecule has 2 aliphatic heterocycles. The highest BCUT2D eigenvalue weighted by Crippen LogP contribution is 2.32. The Balaban J connectivity index is 2.11. The molecule has 0 bridgehead atoms. The number of hydrogen-bond acceptors (Lipinski definition) is 10. The average molecular weight is 382 g/mol. The van der Waals surface area contributed by atoms with Gasteiger partial charge < -0.3 is 50.0 Å². The van der Waals surface area contributed by atoms with Crippen LogP contribution in [0.3, 0.4) is 0 Å². The van der Waals surface area contributed by atoms with E-state index < -0.39 is 68.0 Å². The van der Waals surface area contributed by atoms with Crippen LogP contribution in [0.25, 0.3) is 0 Å². The largest absolute Gasteiger partial charge is 0.394 e. The van der Waals surface area contributed by atoms with E-state index in [1.807, 2.05) is 20.8 Å². The van der Waals surface area contributed by atoms with Gasteiger partial charge in [-0.05, 0) is 11.8 Å². The lowest BCUT2D eigenvalue weighted by Gasteiger charge is -2.45. The minimum atomic E-state index is -1.67. The molecule has 0 aromatic carbocycles. The molecule has 7 N–H and O–H groups in total. The summed E-state index contributed by atoms with van der Waals surface area (Å²) >= 11 is 0. The molecule has 0 radical (unpaired) electrons. The van der Waals surface area contributed by atoms with Crippen molar-refractivity contribution in [3.63, 3.8) is 0 Å². The van der Waals surface area contributed by atoms with Gasteiger partial charge in [-0.25, -0.2) is 0 Å². The third-order valence-corrected chi connectivity index (χ3v) is 4.60. The number of hydrogen-bond donors (Lipinski definition) is 7. The molecule has 0 aromatic heterocycles. The second-order valence-corrected chi connectivity index (χ2v) is 8.11. The lowest BCUT2D eigenvalue weighted by molar-refractivity contribution is -0.376. The number of rotatable bonds is 4. The first-order valence-electron chi connectivity index (χ1n) is 8.62. The number of aliphatic hydroxyl groups is 7. The van der Waals surface area contributed by atoms with Crippen LogP contribution in [-0.4, -0.2) is 104 Å². The van der Waals surface area contributed by atoms with Gasteiger partial charge in [0.2, 0.25) is 0 Å². The molecule has 0 aromatic rings. The normalized spacial score (nSPS) is 47.8. The molecule has 2 heterocycles. The van der Waals surface area contributed by atoms with Crippen LogP contribution in [0.4, 0.5) is 0 Å². The Morgan fingerprint density at radius 3 is 1.54 bits per heavy atom. The second-order valence-electron chi connectivity index (χ2n) is 8.11. The summed E-state index contributed by atoms with van der Waals surface area (Å²) in [6, 6.07) is 0. The SMILES string of the molecule is CC(C)(C)CC1O[C@H](O[C@H]2OC(CO)[C@@H](O)C(O)[C@H]2O)C(O)[C@@H](O)[C@@H]1O. The van der Waals surface area contributed by atoms with E-state index in [0.29, 0.717) is 6.42 Å². The first-order chi connectivity index (χ1) is 12.0. The summed E-state index contributed by atoms with van der Waals surface area (Å²) in [5.74, 6) is 0. The van der Waals surface area contributed by atoms with Gasteiger partial charge >= 0.3 is 0 Å². The molecule has 0 saturated carbocycles. The van der Waals surface area contributed by atoms with E-state index in [2.05, 4.69) is 0 Å². The molecule has 0 spiro atoms. The minimum absolute atomic E-state index is 0.249. The molecule has 2 rings (SSSR count). The zero-order chi connectivity index (χ0) is 19.8. The molecular formula is C16H30O10. The summed E-state index contributed by atoms with van der Waals surface area (Å²) in [4.78, 5) is 0. The van der Waals surface area contributed by atoms with E-state index in [0.717, 1.165) is 0 Å². The lowest BCUT2D eigenvalue weighted by Crippen LogP contribution is -2.63. The monoisotopic (exact) mass is 382 g/mol. The fraction of sp³-hybridized carbons (Fsp3) is 1.00. The first kappa shape index (κ1) is 21.9. The van der Waals surface area contributed by atoms with Gasteiger partial charge in [0.1, 0.15) is 42.7 Å². The summed E-state index contributed by atoms with van der Waals surface area (Å²) in [7, 11) is 0. The second kappa shape index (κ2) is 8.31. The molecule has 4 unspecified atom stereocenters. The third-order valence-electron chi connectivity index (χ3n) is 4.60. The van der Waals surface area contributed by atoms with Crippen molar-refractivity contribution in [2.45, 2.75) is 88.6 Å². The van der Waals surface area contributed by atoms with Crippen LogP contribution in [0, 0.1) is 5.41 Å². The van der Waals surface area contributed by atoms with Gasteiger partial charge in [-0.2, -0.15) is 0 Å². The molecule has 10 nitrogen and oxygen atoms in total. The highest BCUT2D eigenvalue weighted by molar-refractivity contribution is 4.93. The molecule has 2 fully saturated rings. The molecular weight excluding hydrogens is 352 g/mol. The standard InChI is InChI=1S/C16H30O10/c1-16(2,3)4-6-8(18)10(20)12(22)14(24-6)26-15-13(23)11(21)9(19)7(5-17)25-15/h6-15,17-23H,4-5H2,1-3H3/t6?,7?,8-,9-,10+,11?,12?,13-,14-,15-/m1/s1. The van der Waals surface area contributed by atoms with Gasteiger partial charge in [0.15, 0.2) is 12.6 Å². The van der Waals surface area contributed by atoms with Gasteiger partial charge in [0.05, 0.1) is 12.7 Å². The minimum Gasteiger partial charge on any atom is -0.394 e. The molecule has 10 atom stereocenters. The Hall–Kier alpha value is -0.400. The van der Waals surface area contributed by atoms with Gasteiger partial charge in [0, 0.05) is 0 Å². The quantitative estimate of drug-likeness (QED) is 0.267. The van der Waals surface area contributed by atoms with E-state index in [4.69, 9.17) is 14.2 Å². The van der Waals surface area contributed by atoms with E-state index in [1.54, 1.807) is 0 Å². The summed E-state index contributed by atoms with van der Waals surface area (Å²) in [5, 5.41) is 69.1. The summed E-state index contributed by atoms with van der Waals surface area (Å²) < 4.78 is 16.1. The summed E-state index contributed by atoms with van der Waals surface area (Å²) in [6.45, 7) is 5.10. The van der Waals surface area contributed by atoms with E-state index in [1.165, 1.54) is 0 Å². The van der Waals surface area contributed by atoms with Gasteiger partial charge in [-0.3, -0.25) is 0 Å². The smallest absolute Gasteiger partial charge is 0.189 e. The van der Waals surface area contributed by atoms with Crippen molar-refractivity contribution in [1.29, 1.82) is 0 Å². The van der Waals surface area contributed by atoms with Gasteiger partial charge in [-0.1, -0.05) is 20.8 Å². The van der Waals surface area contributed by atoms with Crippen molar-refractivity contribution < 1.29 is 50.0 Å². The predicted molar refractivity (Wildman–Crippen MR) is 85.6 cm³/mol. The first-order valence-corrected chi connectivity index (χ1v) is 8.62. The van der Waals surface area contributed by atoms with Crippen LogP contribution in [0.2, 0.25) is 0 Å². The Kier molecular flexibility index (Phi) is 7.00. The molecule has 154 valence electrons. The zero-order valence-corrected chi connectivity index (χ0v) is 15.0. The van der Waals surface area contributed by atoms with Crippen molar-refractivity contribution in [3.8, 4) is 0 Å². The van der Waals surface area contributed by atoms with Crippen LogP contribution in [0.1, 0.15) is 27.2 Å². The Morgan fingerprint density at radius 2 is 1.12 bits per heavy atom. The van der Waals surface area contributed by atoms with E-state index in [-0.39, 0.29) is 5.41 Å². The van der Waals surface area contributed by atoms with E-state index >= 15 is 0 Å². The van der Waals surface area contributed by atoms with Crippen LogP contribution in [-0.2, 0) is 14.2 Å². The highest BCUT2D eigenvalue weighted by Gasteiger charge is 2.50. The van der Waals surface area contributed by atoms with Crippen LogP contribution < -0.4 is 0 Å². The van der Waals surface area contributed by atoms with Crippen LogP contribution >= 0.6 is 0 Å². The third kappa shape index (κ3) is 4.71. The highest BCUT2D eigenvalue weighted by atomic mass is 16.8. The van der Waals surface area contributed by atoms with Crippen LogP contribution in [0.5, 0.6) is 0 Å². The van der Waals surface area contributed by atoms with E-state index in [9.17, 15) is 35.7 Å². The maximum Gasteiger partial charge on any atom is 0.189 e. The predicted octanol–water partition coefficient (Wildman–Crippen LogP) is -2.95. The molecule has 2 saturated heterocycles.